The number of rotatable bonds is 7. The molecule has 5 rings (SSSR count). The van der Waals surface area contributed by atoms with E-state index < -0.39 is 0 Å². The Balaban J connectivity index is 1.45. The van der Waals surface area contributed by atoms with Gasteiger partial charge in [0, 0.05) is 37.5 Å². The van der Waals surface area contributed by atoms with Crippen molar-refractivity contribution in [2.24, 2.45) is 0 Å². The molecule has 2 aromatic carbocycles. The molecule has 0 amide bonds. The molecule has 2 atom stereocenters. The van der Waals surface area contributed by atoms with E-state index in [2.05, 4.69) is 4.98 Å². The van der Waals surface area contributed by atoms with Crippen LogP contribution in [0.1, 0.15) is 28.5 Å². The van der Waals surface area contributed by atoms with Crippen molar-refractivity contribution in [3.05, 3.63) is 101 Å². The van der Waals surface area contributed by atoms with E-state index in [9.17, 15) is 9.50 Å². The van der Waals surface area contributed by atoms with Crippen LogP contribution in [-0.4, -0.2) is 27.2 Å². The van der Waals surface area contributed by atoms with Crippen molar-refractivity contribution in [2.75, 3.05) is 6.61 Å². The highest BCUT2D eigenvalue weighted by molar-refractivity contribution is 5.55. The first-order valence-corrected chi connectivity index (χ1v) is 10.4. The predicted octanol–water partition coefficient (Wildman–Crippen LogP) is 4.27. The SMILES string of the molecule is OCCc1cnc2c(OC3c4ccc(F)cc4CC3OCc3ccccc3)cccn12. The molecule has 0 fully saturated rings. The van der Waals surface area contributed by atoms with Crippen molar-refractivity contribution >= 4 is 5.65 Å². The van der Waals surface area contributed by atoms with E-state index in [-0.39, 0.29) is 24.6 Å². The maximum absolute atomic E-state index is 13.9. The molecular weight excluding hydrogens is 395 g/mol. The van der Waals surface area contributed by atoms with Crippen molar-refractivity contribution in [2.45, 2.75) is 31.7 Å². The molecule has 158 valence electrons. The second-order valence-corrected chi connectivity index (χ2v) is 7.71. The van der Waals surface area contributed by atoms with Crippen LogP contribution < -0.4 is 4.74 Å². The van der Waals surface area contributed by atoms with Crippen molar-refractivity contribution in [3.8, 4) is 5.75 Å². The molecule has 1 aliphatic carbocycles. The van der Waals surface area contributed by atoms with Crippen molar-refractivity contribution in [3.63, 3.8) is 0 Å². The summed E-state index contributed by atoms with van der Waals surface area (Å²) in [5, 5.41) is 9.30. The molecule has 4 aromatic rings. The summed E-state index contributed by atoms with van der Waals surface area (Å²) in [7, 11) is 0. The maximum atomic E-state index is 13.9. The number of aliphatic hydroxyl groups excluding tert-OH is 1. The zero-order valence-electron chi connectivity index (χ0n) is 16.9. The molecule has 2 heterocycles. The summed E-state index contributed by atoms with van der Waals surface area (Å²) in [4.78, 5) is 4.49. The Morgan fingerprint density at radius 1 is 1.10 bits per heavy atom. The van der Waals surface area contributed by atoms with Gasteiger partial charge in [0.15, 0.2) is 17.5 Å². The maximum Gasteiger partial charge on any atom is 0.179 e. The van der Waals surface area contributed by atoms with Gasteiger partial charge in [-0.2, -0.15) is 0 Å². The Morgan fingerprint density at radius 3 is 2.81 bits per heavy atom. The number of benzene rings is 2. The summed E-state index contributed by atoms with van der Waals surface area (Å²) in [6.45, 7) is 0.506. The van der Waals surface area contributed by atoms with Gasteiger partial charge in [-0.1, -0.05) is 36.4 Å². The average Bonchev–Trinajstić information content (AvgIpc) is 3.35. The minimum absolute atomic E-state index is 0.0514. The number of imidazole rings is 1. The minimum Gasteiger partial charge on any atom is -0.479 e. The fraction of sp³-hybridized carbons (Fsp3) is 0.240. The third-order valence-electron chi connectivity index (χ3n) is 5.68. The molecule has 0 radical (unpaired) electrons. The Hall–Kier alpha value is -3.22. The number of ether oxygens (including phenoxy) is 2. The van der Waals surface area contributed by atoms with E-state index in [0.29, 0.717) is 30.8 Å². The average molecular weight is 418 g/mol. The number of aliphatic hydroxyl groups is 1. The Bertz CT molecular complexity index is 1190. The molecule has 1 N–H and O–H groups in total. The van der Waals surface area contributed by atoms with Crippen molar-refractivity contribution in [1.82, 2.24) is 9.38 Å². The van der Waals surface area contributed by atoms with Gasteiger partial charge in [-0.15, -0.1) is 0 Å². The van der Waals surface area contributed by atoms with E-state index in [1.807, 2.05) is 53.1 Å². The van der Waals surface area contributed by atoms with Gasteiger partial charge >= 0.3 is 0 Å². The lowest BCUT2D eigenvalue weighted by atomic mass is 10.1. The van der Waals surface area contributed by atoms with Crippen LogP contribution in [0.25, 0.3) is 5.65 Å². The van der Waals surface area contributed by atoms with Crippen LogP contribution in [0.3, 0.4) is 0 Å². The highest BCUT2D eigenvalue weighted by Crippen LogP contribution is 2.38. The lowest BCUT2D eigenvalue weighted by Crippen LogP contribution is -2.23. The molecule has 0 saturated heterocycles. The van der Waals surface area contributed by atoms with Crippen LogP contribution in [0.2, 0.25) is 0 Å². The highest BCUT2D eigenvalue weighted by atomic mass is 19.1. The summed E-state index contributed by atoms with van der Waals surface area (Å²) >= 11 is 0. The van der Waals surface area contributed by atoms with Crippen LogP contribution in [0.15, 0.2) is 73.1 Å². The van der Waals surface area contributed by atoms with Crippen molar-refractivity contribution in [1.29, 1.82) is 0 Å². The second-order valence-electron chi connectivity index (χ2n) is 7.71. The van der Waals surface area contributed by atoms with Gasteiger partial charge in [0.2, 0.25) is 0 Å². The van der Waals surface area contributed by atoms with Gasteiger partial charge < -0.3 is 19.0 Å². The number of hydrogen-bond donors (Lipinski definition) is 1. The summed E-state index contributed by atoms with van der Waals surface area (Å²) in [6.07, 6.45) is 4.13. The van der Waals surface area contributed by atoms with Gasteiger partial charge in [-0.25, -0.2) is 9.37 Å². The number of halogens is 1. The van der Waals surface area contributed by atoms with Crippen LogP contribution in [0.4, 0.5) is 4.39 Å². The summed E-state index contributed by atoms with van der Waals surface area (Å²) in [5.74, 6) is 0.368. The van der Waals surface area contributed by atoms with Gasteiger partial charge in [0.1, 0.15) is 11.9 Å². The van der Waals surface area contributed by atoms with E-state index in [0.717, 1.165) is 22.4 Å². The molecule has 1 aliphatic rings. The van der Waals surface area contributed by atoms with E-state index >= 15 is 0 Å². The molecule has 2 unspecified atom stereocenters. The van der Waals surface area contributed by atoms with Gasteiger partial charge in [-0.3, -0.25) is 0 Å². The predicted molar refractivity (Wildman–Crippen MR) is 114 cm³/mol. The first-order chi connectivity index (χ1) is 15.2. The first-order valence-electron chi connectivity index (χ1n) is 10.4. The first kappa shape index (κ1) is 19.7. The molecule has 0 aliphatic heterocycles. The lowest BCUT2D eigenvalue weighted by Gasteiger charge is -2.23. The largest absolute Gasteiger partial charge is 0.479 e. The third kappa shape index (κ3) is 3.92. The molecule has 5 nitrogen and oxygen atoms in total. The standard InChI is InChI=1S/C25H23FN2O3/c26-19-8-9-21-18(13-19)14-23(30-16-17-5-2-1-3-6-17)24(21)31-22-7-4-11-28-20(10-12-29)15-27-25(22)28/h1-9,11,13,15,23-24,29H,10,12,14,16H2. The number of fused-ring (bicyclic) bond motifs is 2. The van der Waals surface area contributed by atoms with Gasteiger partial charge in [-0.05, 0) is 41.0 Å². The summed E-state index contributed by atoms with van der Waals surface area (Å²) < 4.78 is 28.5. The molecule has 0 bridgehead atoms. The minimum atomic E-state index is -0.372. The topological polar surface area (TPSA) is 56.0 Å². The lowest BCUT2D eigenvalue weighted by molar-refractivity contribution is -0.0253. The fourth-order valence-corrected chi connectivity index (χ4v) is 4.18. The van der Waals surface area contributed by atoms with E-state index in [4.69, 9.17) is 9.47 Å². The Kier molecular flexibility index (Phi) is 5.40. The quantitative estimate of drug-likeness (QED) is 0.487. The van der Waals surface area contributed by atoms with E-state index in [1.54, 1.807) is 18.3 Å². The number of aromatic nitrogens is 2. The number of nitrogens with zero attached hydrogens (tertiary/aromatic N) is 2. The number of pyridine rings is 1. The van der Waals surface area contributed by atoms with E-state index in [1.165, 1.54) is 6.07 Å². The smallest absolute Gasteiger partial charge is 0.179 e. The zero-order chi connectivity index (χ0) is 21.2. The number of hydrogen-bond acceptors (Lipinski definition) is 4. The van der Waals surface area contributed by atoms with Gasteiger partial charge in [0.25, 0.3) is 0 Å². The highest BCUT2D eigenvalue weighted by Gasteiger charge is 2.36. The third-order valence-corrected chi connectivity index (χ3v) is 5.68. The van der Waals surface area contributed by atoms with Crippen LogP contribution in [0.5, 0.6) is 5.75 Å². The Morgan fingerprint density at radius 2 is 1.97 bits per heavy atom. The van der Waals surface area contributed by atoms with Crippen LogP contribution in [-0.2, 0) is 24.2 Å². The second kappa shape index (κ2) is 8.49. The van der Waals surface area contributed by atoms with Crippen LogP contribution >= 0.6 is 0 Å². The van der Waals surface area contributed by atoms with Crippen LogP contribution in [0, 0.1) is 5.82 Å². The van der Waals surface area contributed by atoms with Gasteiger partial charge in [0.05, 0.1) is 6.61 Å². The summed E-state index contributed by atoms with van der Waals surface area (Å²) in [5.41, 5.74) is 4.51. The normalized spacial score (nSPS) is 17.7. The molecule has 2 aromatic heterocycles. The monoisotopic (exact) mass is 418 g/mol. The van der Waals surface area contributed by atoms with Crippen molar-refractivity contribution < 1.29 is 19.0 Å². The molecule has 0 saturated carbocycles. The Labute approximate surface area is 179 Å². The fourth-order valence-electron chi connectivity index (χ4n) is 4.18. The molecular formula is C25H23FN2O3. The molecule has 0 spiro atoms. The summed E-state index contributed by atoms with van der Waals surface area (Å²) in [6, 6.07) is 18.5. The zero-order valence-corrected chi connectivity index (χ0v) is 16.9. The molecule has 31 heavy (non-hydrogen) atoms. The molecule has 6 heteroatoms.